The highest BCUT2D eigenvalue weighted by Crippen LogP contribution is 2.25. The molecule has 0 saturated carbocycles. The average molecular weight is 262 g/mol. The van der Waals surface area contributed by atoms with Crippen LogP contribution in [0.3, 0.4) is 0 Å². The zero-order valence-corrected chi connectivity index (χ0v) is 10.4. The molecule has 0 aliphatic carbocycles. The molecule has 0 atom stereocenters. The van der Waals surface area contributed by atoms with E-state index in [0.29, 0.717) is 22.8 Å². The van der Waals surface area contributed by atoms with Crippen molar-refractivity contribution in [2.45, 2.75) is 6.61 Å². The molecule has 0 unspecified atom stereocenters. The molecule has 0 aliphatic heterocycles. The minimum absolute atomic E-state index is 0.0305. The molecule has 3 N–H and O–H groups in total. The Morgan fingerprint density at radius 2 is 2.26 bits per heavy atom. The standard InChI is InChI=1S/C13H14N2O4/c1-17-9-4-5-11(13(14)15-16)12(7-9)19-8-10-3-2-6-18-10/h2-7,16H,8H2,1H3,(H2,14,15). The van der Waals surface area contributed by atoms with E-state index in [1.165, 1.54) is 0 Å². The summed E-state index contributed by atoms with van der Waals surface area (Å²) in [6.07, 6.45) is 1.56. The summed E-state index contributed by atoms with van der Waals surface area (Å²) in [5.41, 5.74) is 6.07. The van der Waals surface area contributed by atoms with Crippen LogP contribution in [0.2, 0.25) is 0 Å². The van der Waals surface area contributed by atoms with Gasteiger partial charge in [-0.2, -0.15) is 0 Å². The summed E-state index contributed by atoms with van der Waals surface area (Å²) in [4.78, 5) is 0. The van der Waals surface area contributed by atoms with Crippen LogP contribution >= 0.6 is 0 Å². The topological polar surface area (TPSA) is 90.2 Å². The van der Waals surface area contributed by atoms with E-state index in [4.69, 9.17) is 24.8 Å². The monoisotopic (exact) mass is 262 g/mol. The van der Waals surface area contributed by atoms with Crippen LogP contribution in [0.4, 0.5) is 0 Å². The first kappa shape index (κ1) is 12.8. The van der Waals surface area contributed by atoms with Gasteiger partial charge in [0.25, 0.3) is 0 Å². The van der Waals surface area contributed by atoms with Gasteiger partial charge < -0.3 is 24.8 Å². The van der Waals surface area contributed by atoms with Gasteiger partial charge in [0.05, 0.1) is 18.9 Å². The average Bonchev–Trinajstić information content (AvgIpc) is 2.97. The smallest absolute Gasteiger partial charge is 0.173 e. The largest absolute Gasteiger partial charge is 0.497 e. The quantitative estimate of drug-likeness (QED) is 0.372. The number of ether oxygens (including phenoxy) is 2. The molecule has 0 saturated heterocycles. The molecule has 1 aromatic carbocycles. The number of amidine groups is 1. The Morgan fingerprint density at radius 3 is 2.89 bits per heavy atom. The highest BCUT2D eigenvalue weighted by molar-refractivity contribution is 5.99. The summed E-state index contributed by atoms with van der Waals surface area (Å²) < 4.78 is 15.9. The van der Waals surface area contributed by atoms with E-state index in [0.717, 1.165) is 0 Å². The number of methoxy groups -OCH3 is 1. The Kier molecular flexibility index (Phi) is 3.92. The van der Waals surface area contributed by atoms with Gasteiger partial charge in [0.2, 0.25) is 0 Å². The molecule has 2 aromatic rings. The SMILES string of the molecule is COc1ccc(/C(N)=N/O)c(OCc2ccco2)c1. The number of benzene rings is 1. The lowest BCUT2D eigenvalue weighted by Crippen LogP contribution is -2.14. The van der Waals surface area contributed by atoms with Crippen LogP contribution in [-0.4, -0.2) is 18.2 Å². The molecule has 2 rings (SSSR count). The Bertz CT molecular complexity index is 564. The second kappa shape index (κ2) is 5.81. The third-order valence-electron chi connectivity index (χ3n) is 2.52. The fourth-order valence-electron chi connectivity index (χ4n) is 1.56. The fraction of sp³-hybridized carbons (Fsp3) is 0.154. The van der Waals surface area contributed by atoms with Crippen LogP contribution in [-0.2, 0) is 6.61 Å². The Labute approximate surface area is 110 Å². The number of hydrogen-bond acceptors (Lipinski definition) is 5. The van der Waals surface area contributed by atoms with Crippen molar-refractivity contribution in [2.24, 2.45) is 10.9 Å². The maximum absolute atomic E-state index is 8.75. The number of nitrogens with two attached hydrogens (primary N) is 1. The molecule has 1 aromatic heterocycles. The normalized spacial score (nSPS) is 11.3. The highest BCUT2D eigenvalue weighted by Gasteiger charge is 2.11. The number of hydrogen-bond donors (Lipinski definition) is 2. The molecule has 6 heteroatoms. The molecule has 0 bridgehead atoms. The van der Waals surface area contributed by atoms with Crippen molar-refractivity contribution in [2.75, 3.05) is 7.11 Å². The van der Waals surface area contributed by atoms with Gasteiger partial charge in [-0.05, 0) is 24.3 Å². The van der Waals surface area contributed by atoms with E-state index in [1.807, 2.05) is 0 Å². The predicted molar refractivity (Wildman–Crippen MR) is 68.5 cm³/mol. The van der Waals surface area contributed by atoms with Crippen molar-refractivity contribution in [1.82, 2.24) is 0 Å². The summed E-state index contributed by atoms with van der Waals surface area (Å²) in [6, 6.07) is 8.59. The fourth-order valence-corrected chi connectivity index (χ4v) is 1.56. The highest BCUT2D eigenvalue weighted by atomic mass is 16.5. The van der Waals surface area contributed by atoms with E-state index in [1.54, 1.807) is 43.7 Å². The number of nitrogens with zero attached hydrogens (tertiary/aromatic N) is 1. The minimum atomic E-state index is -0.0305. The van der Waals surface area contributed by atoms with Crippen molar-refractivity contribution in [3.05, 3.63) is 47.9 Å². The van der Waals surface area contributed by atoms with E-state index < -0.39 is 0 Å². The minimum Gasteiger partial charge on any atom is -0.497 e. The second-order valence-corrected chi connectivity index (χ2v) is 3.72. The maximum atomic E-state index is 8.75. The molecule has 19 heavy (non-hydrogen) atoms. The van der Waals surface area contributed by atoms with Crippen molar-refractivity contribution >= 4 is 5.84 Å². The molecular formula is C13H14N2O4. The number of oxime groups is 1. The Hall–Kier alpha value is -2.63. The number of rotatable bonds is 5. The van der Waals surface area contributed by atoms with Gasteiger partial charge in [-0.15, -0.1) is 0 Å². The van der Waals surface area contributed by atoms with Crippen molar-refractivity contribution in [3.63, 3.8) is 0 Å². The third kappa shape index (κ3) is 2.98. The van der Waals surface area contributed by atoms with E-state index in [2.05, 4.69) is 5.16 Å². The van der Waals surface area contributed by atoms with E-state index in [-0.39, 0.29) is 12.4 Å². The molecule has 6 nitrogen and oxygen atoms in total. The Balaban J connectivity index is 2.24. The first-order valence-corrected chi connectivity index (χ1v) is 5.55. The summed E-state index contributed by atoms with van der Waals surface area (Å²) in [5, 5.41) is 11.7. The van der Waals surface area contributed by atoms with Gasteiger partial charge in [0, 0.05) is 6.07 Å². The lowest BCUT2D eigenvalue weighted by molar-refractivity contribution is 0.268. The van der Waals surface area contributed by atoms with Crippen LogP contribution < -0.4 is 15.2 Å². The molecule has 100 valence electrons. The van der Waals surface area contributed by atoms with E-state index in [9.17, 15) is 0 Å². The summed E-state index contributed by atoms with van der Waals surface area (Å²) >= 11 is 0. The van der Waals surface area contributed by atoms with Gasteiger partial charge in [0.15, 0.2) is 5.84 Å². The first-order chi connectivity index (χ1) is 9.24. The summed E-state index contributed by atoms with van der Waals surface area (Å²) in [7, 11) is 1.55. The maximum Gasteiger partial charge on any atom is 0.173 e. The lowest BCUT2D eigenvalue weighted by Gasteiger charge is -2.11. The van der Waals surface area contributed by atoms with E-state index >= 15 is 0 Å². The van der Waals surface area contributed by atoms with Crippen LogP contribution in [0.1, 0.15) is 11.3 Å². The van der Waals surface area contributed by atoms with Crippen molar-refractivity contribution in [3.8, 4) is 11.5 Å². The van der Waals surface area contributed by atoms with Crippen molar-refractivity contribution < 1.29 is 19.1 Å². The molecule has 0 amide bonds. The molecule has 0 radical (unpaired) electrons. The Morgan fingerprint density at radius 1 is 1.42 bits per heavy atom. The zero-order chi connectivity index (χ0) is 13.7. The summed E-state index contributed by atoms with van der Waals surface area (Å²) in [5.74, 6) is 1.71. The third-order valence-corrected chi connectivity index (χ3v) is 2.52. The van der Waals surface area contributed by atoms with Crippen LogP contribution in [0, 0.1) is 0 Å². The molecular weight excluding hydrogens is 248 g/mol. The first-order valence-electron chi connectivity index (χ1n) is 5.55. The van der Waals surface area contributed by atoms with Crippen molar-refractivity contribution in [1.29, 1.82) is 0 Å². The van der Waals surface area contributed by atoms with Gasteiger partial charge in [-0.1, -0.05) is 5.16 Å². The predicted octanol–water partition coefficient (Wildman–Crippen LogP) is 1.96. The molecule has 0 fully saturated rings. The van der Waals surface area contributed by atoms with Gasteiger partial charge >= 0.3 is 0 Å². The second-order valence-electron chi connectivity index (χ2n) is 3.72. The molecule has 1 heterocycles. The summed E-state index contributed by atoms with van der Waals surface area (Å²) in [6.45, 7) is 0.242. The zero-order valence-electron chi connectivity index (χ0n) is 10.4. The van der Waals surface area contributed by atoms with Crippen LogP contribution in [0.25, 0.3) is 0 Å². The van der Waals surface area contributed by atoms with Crippen LogP contribution in [0.15, 0.2) is 46.2 Å². The molecule has 0 aliphatic rings. The van der Waals surface area contributed by atoms with Gasteiger partial charge in [0.1, 0.15) is 23.9 Å². The lowest BCUT2D eigenvalue weighted by atomic mass is 10.1. The van der Waals surface area contributed by atoms with Crippen LogP contribution in [0.5, 0.6) is 11.5 Å². The van der Waals surface area contributed by atoms with Gasteiger partial charge in [-0.25, -0.2) is 0 Å². The molecule has 0 spiro atoms. The van der Waals surface area contributed by atoms with Gasteiger partial charge in [-0.3, -0.25) is 0 Å². The number of furan rings is 1.